The molecule has 3 rings (SSSR count). The zero-order valence-electron chi connectivity index (χ0n) is 14.2. The van der Waals surface area contributed by atoms with Gasteiger partial charge >= 0.3 is 0 Å². The number of pyridine rings is 1. The number of nitrogens with two attached hydrogens (primary N) is 1. The van der Waals surface area contributed by atoms with Gasteiger partial charge in [-0.2, -0.15) is 0 Å². The summed E-state index contributed by atoms with van der Waals surface area (Å²) in [5.74, 6) is 0.565. The lowest BCUT2D eigenvalue weighted by molar-refractivity contribution is -0.133. The van der Waals surface area contributed by atoms with E-state index in [0.717, 1.165) is 24.0 Å². The molecule has 0 spiro atoms. The zero-order valence-corrected chi connectivity index (χ0v) is 14.2. The molecule has 0 saturated carbocycles. The fraction of sp³-hybridized carbons (Fsp3) is 0.300. The molecule has 2 N–H and O–H groups in total. The van der Waals surface area contributed by atoms with E-state index in [0.29, 0.717) is 25.5 Å². The van der Waals surface area contributed by atoms with E-state index in [-0.39, 0.29) is 12.0 Å². The number of benzene rings is 1. The summed E-state index contributed by atoms with van der Waals surface area (Å²) in [6.45, 7) is 1.84. The zero-order chi connectivity index (χ0) is 17.5. The maximum atomic E-state index is 12.4. The van der Waals surface area contributed by atoms with Gasteiger partial charge < -0.3 is 15.4 Å². The van der Waals surface area contributed by atoms with Crippen LogP contribution < -0.4 is 5.73 Å². The van der Waals surface area contributed by atoms with Crippen LogP contribution in [0, 0.1) is 0 Å². The third-order valence-corrected chi connectivity index (χ3v) is 4.27. The Hall–Kier alpha value is -2.66. The second-order valence-electron chi connectivity index (χ2n) is 6.15. The van der Waals surface area contributed by atoms with Crippen molar-refractivity contribution in [2.24, 2.45) is 0 Å². The first-order chi connectivity index (χ1) is 12.2. The molecule has 5 nitrogen and oxygen atoms in total. The Morgan fingerprint density at radius 2 is 2.16 bits per heavy atom. The number of amides is 1. The molecular formula is C20H23N3O2. The van der Waals surface area contributed by atoms with Crippen molar-refractivity contribution in [1.29, 1.82) is 0 Å². The van der Waals surface area contributed by atoms with Crippen molar-refractivity contribution in [3.05, 3.63) is 65.9 Å². The average Bonchev–Trinajstić information content (AvgIpc) is 2.65. The van der Waals surface area contributed by atoms with E-state index in [2.05, 4.69) is 4.98 Å². The number of carbonyl (C=O) groups is 1. The Labute approximate surface area is 148 Å². The van der Waals surface area contributed by atoms with E-state index in [9.17, 15) is 4.79 Å². The van der Waals surface area contributed by atoms with Gasteiger partial charge in [0.25, 0.3) is 0 Å². The highest BCUT2D eigenvalue weighted by Crippen LogP contribution is 2.14. The standard InChI is InChI=1S/C20H23N3O2/c21-19-14-17(10-11-22-19)6-8-18-15-23(12-13-25-18)20(24)9-7-16-4-2-1-3-5-16/h1-5,7,9-11,14,18H,6,8,12-13,15H2,(H2,21,22)/b9-7+/t18-/m0/s1. The van der Waals surface area contributed by atoms with Gasteiger partial charge in [0.15, 0.2) is 0 Å². The highest BCUT2D eigenvalue weighted by atomic mass is 16.5. The second-order valence-corrected chi connectivity index (χ2v) is 6.15. The number of hydrogen-bond acceptors (Lipinski definition) is 4. The van der Waals surface area contributed by atoms with Crippen LogP contribution in [0.25, 0.3) is 6.08 Å². The molecule has 1 aromatic carbocycles. The highest BCUT2D eigenvalue weighted by Gasteiger charge is 2.22. The van der Waals surface area contributed by atoms with Gasteiger partial charge in [-0.1, -0.05) is 30.3 Å². The molecular weight excluding hydrogens is 314 g/mol. The van der Waals surface area contributed by atoms with Gasteiger partial charge in [-0.15, -0.1) is 0 Å². The monoisotopic (exact) mass is 337 g/mol. The Bertz CT molecular complexity index is 731. The molecule has 0 unspecified atom stereocenters. The third-order valence-electron chi connectivity index (χ3n) is 4.27. The van der Waals surface area contributed by atoms with Crippen molar-refractivity contribution >= 4 is 17.8 Å². The Morgan fingerprint density at radius 3 is 2.96 bits per heavy atom. The molecule has 2 heterocycles. The van der Waals surface area contributed by atoms with Gasteiger partial charge in [0, 0.05) is 25.4 Å². The summed E-state index contributed by atoms with van der Waals surface area (Å²) in [6, 6.07) is 13.7. The molecule has 0 bridgehead atoms. The first kappa shape index (κ1) is 17.2. The molecule has 1 aliphatic heterocycles. The molecule has 1 saturated heterocycles. The molecule has 1 amide bonds. The van der Waals surface area contributed by atoms with Crippen LogP contribution in [0.2, 0.25) is 0 Å². The first-order valence-electron chi connectivity index (χ1n) is 8.55. The minimum atomic E-state index is 0.0327. The molecule has 0 radical (unpaired) electrons. The van der Waals surface area contributed by atoms with Crippen molar-refractivity contribution < 1.29 is 9.53 Å². The van der Waals surface area contributed by atoms with Crippen LogP contribution in [-0.4, -0.2) is 41.6 Å². The fourth-order valence-corrected chi connectivity index (χ4v) is 2.91. The third kappa shape index (κ3) is 5.16. The number of aromatic nitrogens is 1. The molecule has 0 aliphatic carbocycles. The Balaban J connectivity index is 1.52. The normalized spacial score (nSPS) is 17.8. The predicted molar refractivity (Wildman–Crippen MR) is 98.8 cm³/mol. The van der Waals surface area contributed by atoms with Crippen molar-refractivity contribution in [2.45, 2.75) is 18.9 Å². The number of ether oxygens (including phenoxy) is 1. The van der Waals surface area contributed by atoms with E-state index < -0.39 is 0 Å². The topological polar surface area (TPSA) is 68.5 Å². The Kier molecular flexibility index (Phi) is 5.80. The maximum absolute atomic E-state index is 12.4. The first-order valence-corrected chi connectivity index (χ1v) is 8.55. The summed E-state index contributed by atoms with van der Waals surface area (Å²) in [5.41, 5.74) is 7.87. The highest BCUT2D eigenvalue weighted by molar-refractivity contribution is 5.91. The van der Waals surface area contributed by atoms with E-state index in [4.69, 9.17) is 10.5 Å². The quantitative estimate of drug-likeness (QED) is 0.851. The molecule has 1 atom stereocenters. The van der Waals surface area contributed by atoms with E-state index in [1.807, 2.05) is 53.4 Å². The van der Waals surface area contributed by atoms with Crippen LogP contribution in [0.3, 0.4) is 0 Å². The summed E-state index contributed by atoms with van der Waals surface area (Å²) in [6.07, 6.45) is 6.98. The molecule has 1 fully saturated rings. The van der Waals surface area contributed by atoms with Crippen LogP contribution in [0.4, 0.5) is 5.82 Å². The molecule has 130 valence electrons. The van der Waals surface area contributed by atoms with Gasteiger partial charge in [-0.05, 0) is 42.2 Å². The summed E-state index contributed by atoms with van der Waals surface area (Å²) in [5, 5.41) is 0. The minimum Gasteiger partial charge on any atom is -0.384 e. The van der Waals surface area contributed by atoms with Crippen LogP contribution >= 0.6 is 0 Å². The number of aryl methyl sites for hydroxylation is 1. The number of morpholine rings is 1. The van der Waals surface area contributed by atoms with E-state index in [1.165, 1.54) is 0 Å². The number of hydrogen-bond donors (Lipinski definition) is 1. The van der Waals surface area contributed by atoms with E-state index in [1.54, 1.807) is 12.3 Å². The van der Waals surface area contributed by atoms with Gasteiger partial charge in [-0.25, -0.2) is 4.98 Å². The average molecular weight is 337 g/mol. The fourth-order valence-electron chi connectivity index (χ4n) is 2.91. The van der Waals surface area contributed by atoms with Crippen LogP contribution in [0.5, 0.6) is 0 Å². The SMILES string of the molecule is Nc1cc(CC[C@H]2CN(C(=O)/C=C/c3ccccc3)CCO2)ccn1. The van der Waals surface area contributed by atoms with E-state index >= 15 is 0 Å². The summed E-state index contributed by atoms with van der Waals surface area (Å²) in [4.78, 5) is 18.3. The number of rotatable bonds is 5. The van der Waals surface area contributed by atoms with Gasteiger partial charge in [-0.3, -0.25) is 4.79 Å². The van der Waals surface area contributed by atoms with Crippen LogP contribution in [0.15, 0.2) is 54.7 Å². The number of nitrogens with zero attached hydrogens (tertiary/aromatic N) is 2. The molecule has 5 heteroatoms. The van der Waals surface area contributed by atoms with Crippen molar-refractivity contribution in [2.75, 3.05) is 25.4 Å². The lowest BCUT2D eigenvalue weighted by Gasteiger charge is -2.32. The molecule has 2 aromatic rings. The smallest absolute Gasteiger partial charge is 0.246 e. The lowest BCUT2D eigenvalue weighted by Crippen LogP contribution is -2.45. The van der Waals surface area contributed by atoms with Crippen molar-refractivity contribution in [1.82, 2.24) is 9.88 Å². The Morgan fingerprint density at radius 1 is 1.32 bits per heavy atom. The molecule has 1 aromatic heterocycles. The second kappa shape index (κ2) is 8.44. The summed E-state index contributed by atoms with van der Waals surface area (Å²) < 4.78 is 5.81. The molecule has 25 heavy (non-hydrogen) atoms. The van der Waals surface area contributed by atoms with Crippen LogP contribution in [-0.2, 0) is 16.0 Å². The number of carbonyl (C=O) groups excluding carboxylic acids is 1. The molecule has 1 aliphatic rings. The van der Waals surface area contributed by atoms with Crippen LogP contribution in [0.1, 0.15) is 17.5 Å². The van der Waals surface area contributed by atoms with Gasteiger partial charge in [0.2, 0.25) is 5.91 Å². The largest absolute Gasteiger partial charge is 0.384 e. The van der Waals surface area contributed by atoms with Crippen molar-refractivity contribution in [3.63, 3.8) is 0 Å². The number of anilines is 1. The lowest BCUT2D eigenvalue weighted by atomic mass is 10.1. The predicted octanol–water partition coefficient (Wildman–Crippen LogP) is 2.54. The minimum absolute atomic E-state index is 0.0327. The van der Waals surface area contributed by atoms with Crippen molar-refractivity contribution in [3.8, 4) is 0 Å². The summed E-state index contributed by atoms with van der Waals surface area (Å²) in [7, 11) is 0. The number of nitrogen functional groups attached to an aromatic ring is 1. The van der Waals surface area contributed by atoms with Gasteiger partial charge in [0.05, 0.1) is 12.7 Å². The van der Waals surface area contributed by atoms with Gasteiger partial charge in [0.1, 0.15) is 5.82 Å². The maximum Gasteiger partial charge on any atom is 0.246 e. The summed E-state index contributed by atoms with van der Waals surface area (Å²) >= 11 is 0.